The van der Waals surface area contributed by atoms with Crippen LogP contribution >= 0.6 is 22.6 Å². The molecule has 1 heterocycles. The number of benzene rings is 2. The van der Waals surface area contributed by atoms with E-state index in [1.807, 2.05) is 17.9 Å². The molecular weight excluding hydrogens is 719 g/mol. The molecule has 2 aromatic carbocycles. The number of rotatable bonds is 7. The van der Waals surface area contributed by atoms with Crippen LogP contribution in [0.15, 0.2) is 65.7 Å². The molecule has 11 heteroatoms. The second-order valence-corrected chi connectivity index (χ2v) is 11.1. The SMILES string of the molecule is CC(C)C(=O)NF.CC[C@H](C)C(=O)NF.CI.C[C@H](C1=N[C@@H](Cc2ccccc2)[C@H](c2ccccc2)O1)C(C)(C)C.[Ar].[Ar]. The van der Waals surface area contributed by atoms with Gasteiger partial charge >= 0.3 is 0 Å². The minimum atomic E-state index is -0.569. The van der Waals surface area contributed by atoms with Crippen molar-refractivity contribution in [1.29, 1.82) is 0 Å². The van der Waals surface area contributed by atoms with Gasteiger partial charge in [0.15, 0.2) is 5.90 Å². The summed E-state index contributed by atoms with van der Waals surface area (Å²) in [5.74, 6) is -0.376. The van der Waals surface area contributed by atoms with E-state index in [1.54, 1.807) is 20.8 Å². The van der Waals surface area contributed by atoms with E-state index in [0.717, 1.165) is 23.4 Å². The molecule has 1 aliphatic rings. The van der Waals surface area contributed by atoms with E-state index in [2.05, 4.69) is 105 Å². The first-order valence-corrected chi connectivity index (χ1v) is 16.0. The van der Waals surface area contributed by atoms with Crippen molar-refractivity contribution in [3.05, 3.63) is 71.8 Å². The first-order valence-electron chi connectivity index (χ1n) is 13.9. The molecule has 2 aromatic rings. The van der Waals surface area contributed by atoms with Crippen LogP contribution in [0.25, 0.3) is 0 Å². The predicted molar refractivity (Wildman–Crippen MR) is 173 cm³/mol. The zero-order valence-electron chi connectivity index (χ0n) is 26.6. The summed E-state index contributed by atoms with van der Waals surface area (Å²) in [5, 5.41) is 0. The largest absolute Gasteiger partial charge is 0.470 e. The molecule has 0 fully saturated rings. The summed E-state index contributed by atoms with van der Waals surface area (Å²) in [4.78, 5) is 27.3. The minimum Gasteiger partial charge on any atom is -0.470 e. The van der Waals surface area contributed by atoms with Gasteiger partial charge in [-0.05, 0) is 34.3 Å². The number of carbonyl (C=O) groups excluding carboxylic acids is 2. The molecule has 0 spiro atoms. The number of hydrogen-bond donors (Lipinski definition) is 2. The number of hydrogen-bond acceptors (Lipinski definition) is 4. The molecule has 0 unspecified atom stereocenters. The first kappa shape index (κ1) is 47.4. The molecule has 43 heavy (non-hydrogen) atoms. The molecule has 0 saturated heterocycles. The third-order valence-corrected chi connectivity index (χ3v) is 6.75. The molecule has 2 amide bonds. The molecule has 246 valence electrons. The van der Waals surface area contributed by atoms with Crippen molar-refractivity contribution in [3.8, 4) is 0 Å². The quantitative estimate of drug-likeness (QED) is 0.170. The Bertz CT molecular complexity index is 1040. The Morgan fingerprint density at radius 2 is 1.35 bits per heavy atom. The Labute approximate surface area is 331 Å². The van der Waals surface area contributed by atoms with Crippen LogP contribution in [0.1, 0.15) is 79.0 Å². The van der Waals surface area contributed by atoms with Crippen LogP contribution in [0.5, 0.6) is 0 Å². The fourth-order valence-electron chi connectivity index (χ4n) is 3.38. The van der Waals surface area contributed by atoms with Crippen LogP contribution < -0.4 is 11.1 Å². The molecule has 0 saturated carbocycles. The van der Waals surface area contributed by atoms with Crippen LogP contribution in [0.3, 0.4) is 0 Å². The van der Waals surface area contributed by atoms with Crippen molar-refractivity contribution in [2.24, 2.45) is 28.2 Å². The van der Waals surface area contributed by atoms with Crippen molar-refractivity contribution in [1.82, 2.24) is 11.1 Å². The van der Waals surface area contributed by atoms with Crippen molar-refractivity contribution >= 4 is 40.3 Å². The minimum absolute atomic E-state index is 0. The molecule has 3 rings (SSSR count). The van der Waals surface area contributed by atoms with E-state index in [-0.39, 0.29) is 105 Å². The fourth-order valence-corrected chi connectivity index (χ4v) is 3.38. The number of aliphatic imine (C=N–C) groups is 1. The van der Waals surface area contributed by atoms with Crippen molar-refractivity contribution in [2.45, 2.75) is 80.4 Å². The molecule has 1 aliphatic heterocycles. The molecule has 0 aromatic heterocycles. The monoisotopic (exact) mass is 767 g/mol. The van der Waals surface area contributed by atoms with Crippen molar-refractivity contribution in [3.63, 3.8) is 0 Å². The van der Waals surface area contributed by atoms with E-state index in [4.69, 9.17) is 9.73 Å². The molecule has 0 bridgehead atoms. The third kappa shape index (κ3) is 18.6. The van der Waals surface area contributed by atoms with Gasteiger partial charge in [0.1, 0.15) is 6.10 Å². The Morgan fingerprint density at radius 3 is 1.70 bits per heavy atom. The number of nitrogens with zero attached hydrogens (tertiary/aromatic N) is 1. The summed E-state index contributed by atoms with van der Waals surface area (Å²) in [6, 6.07) is 21.2. The van der Waals surface area contributed by atoms with Gasteiger partial charge in [-0.2, -0.15) is 11.1 Å². The molecular formula is C32H48Ar2F2IN3O3. The van der Waals surface area contributed by atoms with Gasteiger partial charge in [-0.1, -0.05) is 139 Å². The second-order valence-electron chi connectivity index (χ2n) is 11.1. The van der Waals surface area contributed by atoms with Gasteiger partial charge in [-0.25, -0.2) is 4.99 Å². The Kier molecular flexibility index (Phi) is 28.7. The van der Waals surface area contributed by atoms with Crippen LogP contribution in [-0.2, 0) is 20.7 Å². The molecule has 4 atom stereocenters. The van der Waals surface area contributed by atoms with Crippen LogP contribution in [0.4, 0.5) is 8.96 Å². The average molecular weight is 768 g/mol. The Balaban J connectivity index is -0.000000704. The van der Waals surface area contributed by atoms with Gasteiger partial charge < -0.3 is 4.74 Å². The van der Waals surface area contributed by atoms with Gasteiger partial charge in [0, 0.05) is 93.2 Å². The van der Waals surface area contributed by atoms with Gasteiger partial charge in [0.25, 0.3) is 0 Å². The standard InChI is InChI=1S/C22H27NO.C5H10FNO.C4H8FNO.CH3I.2Ar/c1-16(22(2,3)4)21-23-19(15-17-11-7-5-8-12-17)20(24-21)18-13-9-6-10-14-18;1-3-4(2)5(8)7-6;1-3(2)4(7)6-5;1-2;;/h5-14,16,19-20H,15H2,1-4H3;4H,3H2,1-2H3,(H,7,8);3H,1-2H3,(H,6,7);1H3;;/t16-,19+,20+;4-;;;;/m10..../s1. The zero-order chi connectivity index (χ0) is 31.6. The smallest absolute Gasteiger partial charge is 0.250 e. The average Bonchev–Trinajstić information content (AvgIpc) is 3.40. The van der Waals surface area contributed by atoms with E-state index in [0.29, 0.717) is 12.3 Å². The number of nitrogens with one attached hydrogen (secondary N) is 2. The van der Waals surface area contributed by atoms with Gasteiger partial charge in [0.05, 0.1) is 6.04 Å². The fraction of sp³-hybridized carbons (Fsp3) is 0.531. The van der Waals surface area contributed by atoms with E-state index in [9.17, 15) is 18.6 Å². The van der Waals surface area contributed by atoms with Gasteiger partial charge in [-0.15, -0.1) is 8.96 Å². The summed E-state index contributed by atoms with van der Waals surface area (Å²) in [6.45, 7) is 15.7. The Morgan fingerprint density at radius 1 is 0.884 bits per heavy atom. The summed E-state index contributed by atoms with van der Waals surface area (Å²) in [7, 11) is 0. The zero-order valence-corrected chi connectivity index (χ0v) is 30.2. The summed E-state index contributed by atoms with van der Waals surface area (Å²) >= 11 is 2.15. The number of amides is 2. The molecule has 2 N–H and O–H groups in total. The van der Waals surface area contributed by atoms with Crippen molar-refractivity contribution in [2.75, 3.05) is 4.93 Å². The maximum absolute atomic E-state index is 11.2. The summed E-state index contributed by atoms with van der Waals surface area (Å²) in [6.07, 6.45) is 1.59. The topological polar surface area (TPSA) is 79.8 Å². The van der Waals surface area contributed by atoms with Crippen LogP contribution in [0, 0.1) is 98.6 Å². The number of alkyl halides is 1. The maximum atomic E-state index is 11.2. The number of ether oxygens (including phenoxy) is 1. The third-order valence-electron chi connectivity index (χ3n) is 6.75. The van der Waals surface area contributed by atoms with E-state index in [1.165, 1.54) is 11.1 Å². The molecule has 0 aliphatic carbocycles. The van der Waals surface area contributed by atoms with Crippen molar-refractivity contribution < 1.29 is 98.8 Å². The number of halogens is 3. The van der Waals surface area contributed by atoms with Gasteiger partial charge in [0.2, 0.25) is 11.8 Å². The van der Waals surface area contributed by atoms with Gasteiger partial charge in [-0.3, -0.25) is 9.59 Å². The summed E-state index contributed by atoms with van der Waals surface area (Å²) in [5.41, 5.74) is 4.76. The van der Waals surface area contributed by atoms with E-state index >= 15 is 0 Å². The number of carbonyl (C=O) groups is 2. The Hall–Kier alpha value is -0.0405. The maximum Gasteiger partial charge on any atom is 0.250 e. The normalized spacial score (nSPS) is 16.3. The summed E-state index contributed by atoms with van der Waals surface area (Å²) < 4.78 is 28.6. The first-order chi connectivity index (χ1) is 19.3. The predicted octanol–water partition coefficient (Wildman–Crippen LogP) is 8.18. The molecule has 0 radical (unpaired) electrons. The molecule has 6 nitrogen and oxygen atoms in total. The van der Waals surface area contributed by atoms with Crippen LogP contribution in [0.2, 0.25) is 0 Å². The van der Waals surface area contributed by atoms with E-state index < -0.39 is 11.8 Å². The second kappa shape index (κ2) is 26.1. The van der Waals surface area contributed by atoms with Crippen LogP contribution in [-0.4, -0.2) is 28.7 Å².